The molecule has 0 aromatic heterocycles. The number of fused-ring (bicyclic) bond motifs is 1. The van der Waals surface area contributed by atoms with Crippen molar-refractivity contribution in [3.05, 3.63) is 41.6 Å². The molecular formula is C24H26Cl3N3O6S. The van der Waals surface area contributed by atoms with Gasteiger partial charge in [-0.1, -0.05) is 46.9 Å². The van der Waals surface area contributed by atoms with Gasteiger partial charge < -0.3 is 20.1 Å². The molecule has 200 valence electrons. The van der Waals surface area contributed by atoms with E-state index >= 15 is 0 Å². The standard InChI is InChI=1S/C24H26Cl3N3O6S/c1-12-9-17(23(34)35-11-24(25,26)27)30-20(32)19(21(30)37-12)29-18(31)10-28-16-6-4-3-5-15(16)22(33)36-13(2)14-7-8-14/h3-6,9,12-14,19,21,28H,7-8,10-11H2,1-2H3,(H,29,31)/t12?,13?,19?,21-/m1/s1. The van der Waals surface area contributed by atoms with Gasteiger partial charge in [-0.3, -0.25) is 14.5 Å². The molecule has 1 aromatic carbocycles. The Morgan fingerprint density at radius 2 is 1.89 bits per heavy atom. The van der Waals surface area contributed by atoms with E-state index in [-0.39, 0.29) is 23.6 Å². The zero-order valence-corrected chi connectivity index (χ0v) is 23.1. The topological polar surface area (TPSA) is 114 Å². The van der Waals surface area contributed by atoms with Crippen LogP contribution < -0.4 is 10.6 Å². The summed E-state index contributed by atoms with van der Waals surface area (Å²) in [6.07, 6.45) is 3.54. The number of ether oxygens (including phenoxy) is 2. The second kappa shape index (κ2) is 11.3. The highest BCUT2D eigenvalue weighted by atomic mass is 35.6. The number of amides is 2. The van der Waals surface area contributed by atoms with Crippen LogP contribution in [0.5, 0.6) is 0 Å². The second-order valence-corrected chi connectivity index (χ2v) is 13.1. The van der Waals surface area contributed by atoms with Crippen molar-refractivity contribution in [2.24, 2.45) is 5.92 Å². The molecule has 2 aliphatic heterocycles. The minimum absolute atomic E-state index is 0.0481. The van der Waals surface area contributed by atoms with Gasteiger partial charge in [0.05, 0.1) is 12.1 Å². The molecule has 3 unspecified atom stereocenters. The first kappa shape index (κ1) is 27.9. The number of para-hydroxylation sites is 1. The number of hydrogen-bond acceptors (Lipinski definition) is 8. The average Bonchev–Trinajstić information content (AvgIpc) is 3.69. The maximum absolute atomic E-state index is 12.8. The molecule has 1 aliphatic carbocycles. The number of thioether (sulfide) groups is 1. The number of nitrogens with zero attached hydrogens (tertiary/aromatic N) is 1. The fraction of sp³-hybridized carbons (Fsp3) is 0.500. The highest BCUT2D eigenvalue weighted by Crippen LogP contribution is 2.41. The first-order valence-corrected chi connectivity index (χ1v) is 13.8. The molecule has 1 saturated heterocycles. The lowest BCUT2D eigenvalue weighted by Gasteiger charge is -2.49. The first-order chi connectivity index (χ1) is 17.4. The molecule has 9 nitrogen and oxygen atoms in total. The Labute approximate surface area is 233 Å². The molecule has 1 saturated carbocycles. The summed E-state index contributed by atoms with van der Waals surface area (Å²) in [5, 5.41) is 5.04. The van der Waals surface area contributed by atoms with E-state index in [1.165, 1.54) is 16.7 Å². The van der Waals surface area contributed by atoms with Gasteiger partial charge in [0.1, 0.15) is 29.8 Å². The van der Waals surface area contributed by atoms with Crippen LogP contribution in [0.25, 0.3) is 0 Å². The summed E-state index contributed by atoms with van der Waals surface area (Å²) in [5.74, 6) is -1.74. The van der Waals surface area contributed by atoms with Crippen LogP contribution in [0.1, 0.15) is 37.0 Å². The van der Waals surface area contributed by atoms with Crippen LogP contribution in [0.15, 0.2) is 36.0 Å². The number of benzene rings is 1. The highest BCUT2D eigenvalue weighted by molar-refractivity contribution is 8.00. The third-order valence-electron chi connectivity index (χ3n) is 6.11. The monoisotopic (exact) mass is 589 g/mol. The Morgan fingerprint density at radius 1 is 1.19 bits per heavy atom. The van der Waals surface area contributed by atoms with Crippen LogP contribution in [0.3, 0.4) is 0 Å². The molecule has 13 heteroatoms. The predicted octanol–water partition coefficient (Wildman–Crippen LogP) is 3.64. The smallest absolute Gasteiger partial charge is 0.354 e. The summed E-state index contributed by atoms with van der Waals surface area (Å²) in [6.45, 7) is 3.09. The van der Waals surface area contributed by atoms with E-state index in [1.807, 2.05) is 13.8 Å². The number of halogens is 3. The lowest BCUT2D eigenvalue weighted by Crippen LogP contribution is -2.71. The Bertz CT molecular complexity index is 1120. The number of β-lactam (4-membered cyclic amide) rings is 1. The van der Waals surface area contributed by atoms with E-state index in [9.17, 15) is 19.2 Å². The molecule has 0 radical (unpaired) electrons. The molecule has 2 fully saturated rings. The van der Waals surface area contributed by atoms with Gasteiger partial charge in [0.2, 0.25) is 9.70 Å². The van der Waals surface area contributed by atoms with Gasteiger partial charge in [0.15, 0.2) is 0 Å². The summed E-state index contributed by atoms with van der Waals surface area (Å²) in [6, 6.07) is 5.94. The second-order valence-electron chi connectivity index (χ2n) is 9.08. The van der Waals surface area contributed by atoms with Crippen molar-refractivity contribution in [2.75, 3.05) is 18.5 Å². The molecular weight excluding hydrogens is 565 g/mol. The van der Waals surface area contributed by atoms with Crippen molar-refractivity contribution in [2.45, 2.75) is 53.3 Å². The zero-order valence-electron chi connectivity index (χ0n) is 20.0. The molecule has 0 bridgehead atoms. The Balaban J connectivity index is 1.33. The number of carbonyl (C=O) groups excluding carboxylic acids is 4. The third kappa shape index (κ3) is 6.85. The molecule has 2 heterocycles. The normalized spacial score (nSPS) is 23.7. The Hall–Kier alpha value is -2.14. The van der Waals surface area contributed by atoms with Crippen molar-refractivity contribution in [1.82, 2.24) is 10.2 Å². The van der Waals surface area contributed by atoms with Gasteiger partial charge in [0.25, 0.3) is 5.91 Å². The van der Waals surface area contributed by atoms with Crippen LogP contribution in [0, 0.1) is 5.92 Å². The van der Waals surface area contributed by atoms with Crippen LogP contribution in [-0.4, -0.2) is 68.4 Å². The molecule has 37 heavy (non-hydrogen) atoms. The Kier molecular flexibility index (Phi) is 8.52. The third-order valence-corrected chi connectivity index (χ3v) is 7.76. The number of anilines is 1. The van der Waals surface area contributed by atoms with Crippen molar-refractivity contribution in [3.63, 3.8) is 0 Å². The van der Waals surface area contributed by atoms with Crippen molar-refractivity contribution in [3.8, 4) is 0 Å². The average molecular weight is 591 g/mol. The van der Waals surface area contributed by atoms with E-state index in [0.29, 0.717) is 17.2 Å². The van der Waals surface area contributed by atoms with E-state index in [1.54, 1.807) is 30.3 Å². The fourth-order valence-corrected chi connectivity index (χ4v) is 5.54. The maximum atomic E-state index is 12.8. The van der Waals surface area contributed by atoms with Gasteiger partial charge in [-0.2, -0.15) is 0 Å². The van der Waals surface area contributed by atoms with Crippen molar-refractivity contribution in [1.29, 1.82) is 0 Å². The zero-order chi connectivity index (χ0) is 26.9. The molecule has 2 N–H and O–H groups in total. The van der Waals surface area contributed by atoms with Gasteiger partial charge in [-0.05, 0) is 50.8 Å². The van der Waals surface area contributed by atoms with Crippen LogP contribution in [-0.2, 0) is 23.9 Å². The largest absolute Gasteiger partial charge is 0.459 e. The molecule has 2 amide bonds. The van der Waals surface area contributed by atoms with Gasteiger partial charge >= 0.3 is 11.9 Å². The molecule has 1 aromatic rings. The van der Waals surface area contributed by atoms with E-state index in [4.69, 9.17) is 44.3 Å². The van der Waals surface area contributed by atoms with Crippen LogP contribution >= 0.6 is 46.6 Å². The Morgan fingerprint density at radius 3 is 2.57 bits per heavy atom. The van der Waals surface area contributed by atoms with E-state index in [2.05, 4.69) is 10.6 Å². The maximum Gasteiger partial charge on any atom is 0.354 e. The SMILES string of the molecule is CC1C=C(C(=O)OCC(Cl)(Cl)Cl)N2C(=O)C(NC(=O)CNc3ccccc3C(=O)OC(C)C3CC3)[C@H]2S1. The predicted molar refractivity (Wildman–Crippen MR) is 141 cm³/mol. The minimum atomic E-state index is -1.78. The van der Waals surface area contributed by atoms with E-state index in [0.717, 1.165) is 12.8 Å². The summed E-state index contributed by atoms with van der Waals surface area (Å²) in [5.41, 5.74) is 0.829. The van der Waals surface area contributed by atoms with Gasteiger partial charge in [-0.15, -0.1) is 11.8 Å². The molecule has 4 rings (SSSR count). The highest BCUT2D eigenvalue weighted by Gasteiger charge is 2.54. The van der Waals surface area contributed by atoms with Gasteiger partial charge in [0, 0.05) is 10.9 Å². The van der Waals surface area contributed by atoms with Gasteiger partial charge in [-0.25, -0.2) is 9.59 Å². The number of esters is 2. The van der Waals surface area contributed by atoms with Crippen LogP contribution in [0.4, 0.5) is 5.69 Å². The number of nitrogens with one attached hydrogen (secondary N) is 2. The number of rotatable bonds is 9. The number of hydrogen-bond donors (Lipinski definition) is 2. The summed E-state index contributed by atoms with van der Waals surface area (Å²) >= 11 is 18.3. The first-order valence-electron chi connectivity index (χ1n) is 11.7. The van der Waals surface area contributed by atoms with Crippen LogP contribution in [0.2, 0.25) is 0 Å². The number of carbonyl (C=O) groups is 4. The molecule has 0 spiro atoms. The lowest BCUT2D eigenvalue weighted by molar-refractivity contribution is -0.152. The minimum Gasteiger partial charge on any atom is -0.459 e. The summed E-state index contributed by atoms with van der Waals surface area (Å²) in [7, 11) is 0. The lowest BCUT2D eigenvalue weighted by atomic mass is 10.0. The van der Waals surface area contributed by atoms with E-state index < -0.39 is 45.6 Å². The quantitative estimate of drug-likeness (QED) is 0.255. The molecule has 4 atom stereocenters. The fourth-order valence-electron chi connectivity index (χ4n) is 4.05. The van der Waals surface area contributed by atoms with Crippen molar-refractivity contribution < 1.29 is 28.7 Å². The summed E-state index contributed by atoms with van der Waals surface area (Å²) in [4.78, 5) is 51.9. The van der Waals surface area contributed by atoms with Crippen molar-refractivity contribution >= 4 is 76.0 Å². The number of alkyl halides is 3. The molecule has 3 aliphatic rings. The summed E-state index contributed by atoms with van der Waals surface area (Å²) < 4.78 is 8.80.